The van der Waals surface area contributed by atoms with Crippen molar-refractivity contribution >= 4 is 28.9 Å². The topological polar surface area (TPSA) is 81.5 Å². The Balaban J connectivity index is 3.04. The number of benzene rings is 1. The Hall–Kier alpha value is -1.82. The molecule has 0 radical (unpaired) electrons. The van der Waals surface area contributed by atoms with Crippen LogP contribution in [0.5, 0.6) is 5.75 Å². The lowest BCUT2D eigenvalue weighted by Gasteiger charge is -2.05. The molecule has 16 heavy (non-hydrogen) atoms. The van der Waals surface area contributed by atoms with Crippen LogP contribution in [0.4, 0.5) is 11.4 Å². The summed E-state index contributed by atoms with van der Waals surface area (Å²) in [6.45, 7) is 0. The number of amides is 1. The molecule has 1 amide bonds. The van der Waals surface area contributed by atoms with Gasteiger partial charge in [0, 0.05) is 12.1 Å². The molecule has 0 saturated carbocycles. The number of non-ortho nitro benzene ring substituents is 1. The van der Waals surface area contributed by atoms with Gasteiger partial charge in [0.2, 0.25) is 5.91 Å². The van der Waals surface area contributed by atoms with Gasteiger partial charge in [0.05, 0.1) is 23.8 Å². The molecule has 0 aliphatic rings. The van der Waals surface area contributed by atoms with Crippen molar-refractivity contribution in [2.24, 2.45) is 0 Å². The molecule has 1 N–H and O–H groups in total. The highest BCUT2D eigenvalue weighted by Gasteiger charge is 2.11. The number of nitro benzene ring substituents is 1. The highest BCUT2D eigenvalue weighted by molar-refractivity contribution is 6.29. The average Bonchev–Trinajstić information content (AvgIpc) is 2.28. The van der Waals surface area contributed by atoms with E-state index < -0.39 is 10.8 Å². The van der Waals surface area contributed by atoms with Gasteiger partial charge in [0.1, 0.15) is 11.6 Å². The number of carbonyl (C=O) groups is 1. The number of ether oxygens (including phenoxy) is 1. The summed E-state index contributed by atoms with van der Waals surface area (Å²) in [6.07, 6.45) is 0. The number of nitro groups is 1. The van der Waals surface area contributed by atoms with Gasteiger partial charge in [-0.05, 0) is 0 Å². The number of halogens is 1. The van der Waals surface area contributed by atoms with Crippen LogP contribution in [0.15, 0.2) is 18.2 Å². The summed E-state index contributed by atoms with van der Waals surface area (Å²) in [5.74, 6) is -0.367. The third-order valence-electron chi connectivity index (χ3n) is 1.74. The SMILES string of the molecule is COc1cc(NC(=O)CCl)cc([N+](=O)[O-])c1. The zero-order chi connectivity index (χ0) is 12.1. The van der Waals surface area contributed by atoms with Crippen LogP contribution in [0.25, 0.3) is 0 Å². The predicted molar refractivity (Wildman–Crippen MR) is 59.0 cm³/mol. The zero-order valence-electron chi connectivity index (χ0n) is 8.40. The molecule has 0 atom stereocenters. The zero-order valence-corrected chi connectivity index (χ0v) is 9.15. The Bertz CT molecular complexity index is 422. The van der Waals surface area contributed by atoms with Gasteiger partial charge in [-0.25, -0.2) is 0 Å². The van der Waals surface area contributed by atoms with Gasteiger partial charge in [-0.15, -0.1) is 11.6 Å². The van der Waals surface area contributed by atoms with Crippen LogP contribution in [-0.4, -0.2) is 23.8 Å². The van der Waals surface area contributed by atoms with Crippen molar-refractivity contribution in [3.05, 3.63) is 28.3 Å². The molecule has 0 unspecified atom stereocenters. The molecule has 1 aromatic rings. The lowest BCUT2D eigenvalue weighted by molar-refractivity contribution is -0.384. The molecule has 0 heterocycles. The monoisotopic (exact) mass is 244 g/mol. The molecule has 0 aromatic heterocycles. The van der Waals surface area contributed by atoms with Crippen molar-refractivity contribution in [3.8, 4) is 5.75 Å². The van der Waals surface area contributed by atoms with Crippen molar-refractivity contribution < 1.29 is 14.5 Å². The number of anilines is 1. The number of rotatable bonds is 4. The highest BCUT2D eigenvalue weighted by atomic mass is 35.5. The first-order valence-electron chi connectivity index (χ1n) is 4.26. The molecule has 0 fully saturated rings. The van der Waals surface area contributed by atoms with Crippen LogP contribution in [0, 0.1) is 10.1 Å². The maximum atomic E-state index is 11.0. The van der Waals surface area contributed by atoms with Crippen molar-refractivity contribution in [3.63, 3.8) is 0 Å². The number of alkyl halides is 1. The van der Waals surface area contributed by atoms with Gasteiger partial charge in [0.25, 0.3) is 5.69 Å². The second kappa shape index (κ2) is 5.32. The van der Waals surface area contributed by atoms with Crippen molar-refractivity contribution in [1.82, 2.24) is 0 Å². The summed E-state index contributed by atoms with van der Waals surface area (Å²) in [4.78, 5) is 21.0. The van der Waals surface area contributed by atoms with Gasteiger partial charge < -0.3 is 10.1 Å². The lowest BCUT2D eigenvalue weighted by Crippen LogP contribution is -2.12. The van der Waals surface area contributed by atoms with E-state index in [4.69, 9.17) is 16.3 Å². The third kappa shape index (κ3) is 3.09. The van der Waals surface area contributed by atoms with E-state index in [0.29, 0.717) is 5.75 Å². The van der Waals surface area contributed by atoms with Crippen molar-refractivity contribution in [1.29, 1.82) is 0 Å². The Kier molecular flexibility index (Phi) is 4.07. The van der Waals surface area contributed by atoms with Crippen LogP contribution in [0.1, 0.15) is 0 Å². The van der Waals surface area contributed by atoms with E-state index in [1.807, 2.05) is 0 Å². The van der Waals surface area contributed by atoms with Gasteiger partial charge >= 0.3 is 0 Å². The van der Waals surface area contributed by atoms with Crippen LogP contribution in [0.3, 0.4) is 0 Å². The molecule has 1 aromatic carbocycles. The summed E-state index contributed by atoms with van der Waals surface area (Å²) < 4.78 is 4.87. The molecule has 0 bridgehead atoms. The molecular formula is C9H9ClN2O4. The fourth-order valence-corrected chi connectivity index (χ4v) is 1.14. The first-order chi connectivity index (χ1) is 7.56. The van der Waals surface area contributed by atoms with Gasteiger partial charge in [-0.2, -0.15) is 0 Å². The minimum absolute atomic E-state index is 0.163. The Morgan fingerprint density at radius 1 is 1.56 bits per heavy atom. The second-order valence-corrected chi connectivity index (χ2v) is 3.13. The van der Waals surface area contributed by atoms with E-state index in [0.717, 1.165) is 0 Å². The molecule has 0 aliphatic carbocycles. The van der Waals surface area contributed by atoms with E-state index in [1.54, 1.807) is 0 Å². The van der Waals surface area contributed by atoms with E-state index in [2.05, 4.69) is 5.32 Å². The van der Waals surface area contributed by atoms with Gasteiger partial charge in [-0.1, -0.05) is 0 Å². The summed E-state index contributed by atoms with van der Waals surface area (Å²) in [5.41, 5.74) is 0.112. The molecule has 86 valence electrons. The number of methoxy groups -OCH3 is 1. The number of nitrogens with zero attached hydrogens (tertiary/aromatic N) is 1. The van der Waals surface area contributed by atoms with Crippen LogP contribution < -0.4 is 10.1 Å². The number of hydrogen-bond donors (Lipinski definition) is 1. The van der Waals surface area contributed by atoms with Crippen LogP contribution in [0.2, 0.25) is 0 Å². The van der Waals surface area contributed by atoms with Crippen molar-refractivity contribution in [2.45, 2.75) is 0 Å². The van der Waals surface area contributed by atoms with E-state index >= 15 is 0 Å². The molecule has 0 spiro atoms. The lowest BCUT2D eigenvalue weighted by atomic mass is 10.2. The van der Waals surface area contributed by atoms with Crippen LogP contribution in [-0.2, 0) is 4.79 Å². The maximum Gasteiger partial charge on any atom is 0.275 e. The maximum absolute atomic E-state index is 11.0. The van der Waals surface area contributed by atoms with Gasteiger partial charge in [-0.3, -0.25) is 14.9 Å². The standard InChI is InChI=1S/C9H9ClN2O4/c1-16-8-3-6(11-9(13)5-10)2-7(4-8)12(14)15/h2-4H,5H2,1H3,(H,11,13). The van der Waals surface area contributed by atoms with Crippen LogP contribution >= 0.6 is 11.6 Å². The molecule has 7 heteroatoms. The molecule has 1 rings (SSSR count). The molecule has 0 saturated heterocycles. The average molecular weight is 245 g/mol. The minimum Gasteiger partial charge on any atom is -0.496 e. The largest absolute Gasteiger partial charge is 0.496 e. The Morgan fingerprint density at radius 3 is 2.75 bits per heavy atom. The predicted octanol–water partition coefficient (Wildman–Crippen LogP) is 1.78. The normalized spacial score (nSPS) is 9.62. The highest BCUT2D eigenvalue weighted by Crippen LogP contribution is 2.25. The summed E-state index contributed by atoms with van der Waals surface area (Å²) in [7, 11) is 1.38. The molecular weight excluding hydrogens is 236 g/mol. The third-order valence-corrected chi connectivity index (χ3v) is 1.99. The number of carbonyl (C=O) groups excluding carboxylic acids is 1. The smallest absolute Gasteiger partial charge is 0.275 e. The Labute approximate surface area is 96.3 Å². The minimum atomic E-state index is -0.571. The fourth-order valence-electron chi connectivity index (χ4n) is 1.07. The number of hydrogen-bond acceptors (Lipinski definition) is 4. The van der Waals surface area contributed by atoms with E-state index in [9.17, 15) is 14.9 Å². The Morgan fingerprint density at radius 2 is 2.25 bits per heavy atom. The van der Waals surface area contributed by atoms with Crippen molar-refractivity contribution in [2.75, 3.05) is 18.3 Å². The van der Waals surface area contributed by atoms with E-state index in [1.165, 1.54) is 25.3 Å². The van der Waals surface area contributed by atoms with Gasteiger partial charge in [0.15, 0.2) is 0 Å². The summed E-state index contributed by atoms with van der Waals surface area (Å²) in [6, 6.07) is 3.96. The fraction of sp³-hybridized carbons (Fsp3) is 0.222. The first kappa shape index (κ1) is 12.3. The van der Waals surface area contributed by atoms with E-state index in [-0.39, 0.29) is 17.3 Å². The molecule has 6 nitrogen and oxygen atoms in total. The quantitative estimate of drug-likeness (QED) is 0.497. The number of nitrogens with one attached hydrogen (secondary N) is 1. The summed E-state index contributed by atoms with van der Waals surface area (Å²) >= 11 is 5.30. The second-order valence-electron chi connectivity index (χ2n) is 2.86. The first-order valence-corrected chi connectivity index (χ1v) is 4.79. The molecule has 0 aliphatic heterocycles. The summed E-state index contributed by atoms with van der Waals surface area (Å²) in [5, 5.41) is 13.0.